The summed E-state index contributed by atoms with van der Waals surface area (Å²) in [6.45, 7) is 6.01. The van der Waals surface area contributed by atoms with E-state index >= 15 is 0 Å². The monoisotopic (exact) mass is 227 g/mol. The molecule has 0 aliphatic rings. The average molecular weight is 227 g/mol. The van der Waals surface area contributed by atoms with Gasteiger partial charge in [-0.1, -0.05) is 0 Å². The van der Waals surface area contributed by atoms with Crippen molar-refractivity contribution < 1.29 is 8.42 Å². The van der Waals surface area contributed by atoms with Gasteiger partial charge in [-0.3, -0.25) is 0 Å². The first-order valence-corrected chi connectivity index (χ1v) is 6.93. The zero-order valence-electron chi connectivity index (χ0n) is 9.40. The van der Waals surface area contributed by atoms with Gasteiger partial charge in [-0.25, -0.2) is 8.42 Å². The fourth-order valence-corrected chi connectivity index (χ4v) is 2.12. The molecule has 0 aliphatic carbocycles. The summed E-state index contributed by atoms with van der Waals surface area (Å²) in [5.74, 6) is 0. The van der Waals surface area contributed by atoms with Crippen LogP contribution >= 0.6 is 0 Å². The molecule has 0 amide bonds. The molecule has 84 valence electrons. The van der Waals surface area contributed by atoms with Gasteiger partial charge in [0, 0.05) is 25.0 Å². The number of nitrogens with zero attached hydrogens (tertiary/aromatic N) is 1. The number of hydrogen-bond acceptors (Lipinski definition) is 3. The first-order valence-electron chi connectivity index (χ1n) is 5.04. The van der Waals surface area contributed by atoms with Crippen molar-refractivity contribution in [2.45, 2.75) is 18.7 Å². The van der Waals surface area contributed by atoms with Crippen LogP contribution in [0.2, 0.25) is 0 Å². The molecule has 0 aliphatic heterocycles. The third kappa shape index (κ3) is 2.96. The van der Waals surface area contributed by atoms with Crippen LogP contribution in [0.3, 0.4) is 0 Å². The van der Waals surface area contributed by atoms with Gasteiger partial charge in [0.05, 0.1) is 4.90 Å². The molecule has 1 aromatic rings. The van der Waals surface area contributed by atoms with Crippen LogP contribution in [0, 0.1) is 0 Å². The van der Waals surface area contributed by atoms with E-state index in [1.165, 1.54) is 6.26 Å². The summed E-state index contributed by atoms with van der Waals surface area (Å²) >= 11 is 0. The summed E-state index contributed by atoms with van der Waals surface area (Å²) in [6, 6.07) is 7.01. The maximum atomic E-state index is 11.2. The van der Waals surface area contributed by atoms with E-state index in [2.05, 4.69) is 18.7 Å². The summed E-state index contributed by atoms with van der Waals surface area (Å²) in [7, 11) is -3.08. The normalized spacial score (nSPS) is 11.4. The number of sulfone groups is 1. The Labute approximate surface area is 91.6 Å². The first-order chi connectivity index (χ1) is 6.99. The van der Waals surface area contributed by atoms with Gasteiger partial charge >= 0.3 is 0 Å². The Balaban J connectivity index is 3.00. The maximum Gasteiger partial charge on any atom is 0.175 e. The Morgan fingerprint density at radius 3 is 1.87 bits per heavy atom. The highest BCUT2D eigenvalue weighted by Gasteiger charge is 2.07. The molecule has 0 heterocycles. The summed E-state index contributed by atoms with van der Waals surface area (Å²) in [4.78, 5) is 2.55. The van der Waals surface area contributed by atoms with E-state index < -0.39 is 9.84 Å². The standard InChI is InChI=1S/C11H17NO2S/c1-4-12(5-2)10-6-8-11(9-7-10)15(3,13)14/h6-9H,4-5H2,1-3H3. The second-order valence-corrected chi connectivity index (χ2v) is 5.45. The number of anilines is 1. The molecule has 0 radical (unpaired) electrons. The highest BCUT2D eigenvalue weighted by Crippen LogP contribution is 2.17. The zero-order valence-corrected chi connectivity index (χ0v) is 10.2. The Bertz CT molecular complexity index is 405. The molecule has 0 spiro atoms. The average Bonchev–Trinajstić information content (AvgIpc) is 2.19. The third-order valence-electron chi connectivity index (χ3n) is 2.39. The topological polar surface area (TPSA) is 37.4 Å². The van der Waals surface area contributed by atoms with E-state index in [9.17, 15) is 8.42 Å². The zero-order chi connectivity index (χ0) is 11.5. The third-order valence-corrected chi connectivity index (χ3v) is 3.52. The quantitative estimate of drug-likeness (QED) is 0.789. The molecule has 15 heavy (non-hydrogen) atoms. The van der Waals surface area contributed by atoms with Gasteiger partial charge in [0.1, 0.15) is 0 Å². The van der Waals surface area contributed by atoms with Crippen LogP contribution < -0.4 is 4.90 Å². The minimum absolute atomic E-state index is 0.374. The minimum atomic E-state index is -3.08. The van der Waals surface area contributed by atoms with Crippen molar-refractivity contribution in [2.75, 3.05) is 24.2 Å². The predicted molar refractivity (Wildman–Crippen MR) is 63.1 cm³/mol. The Kier molecular flexibility index (Phi) is 3.74. The maximum absolute atomic E-state index is 11.2. The van der Waals surface area contributed by atoms with E-state index in [0.29, 0.717) is 4.90 Å². The van der Waals surface area contributed by atoms with Gasteiger partial charge in [-0.2, -0.15) is 0 Å². The van der Waals surface area contributed by atoms with Crippen LogP contribution in [-0.4, -0.2) is 27.8 Å². The van der Waals surface area contributed by atoms with Crippen molar-refractivity contribution in [3.05, 3.63) is 24.3 Å². The van der Waals surface area contributed by atoms with Gasteiger partial charge in [0.15, 0.2) is 9.84 Å². The smallest absolute Gasteiger partial charge is 0.175 e. The molecule has 3 nitrogen and oxygen atoms in total. The van der Waals surface area contributed by atoms with E-state index in [1.54, 1.807) is 12.1 Å². The second-order valence-electron chi connectivity index (χ2n) is 3.44. The Morgan fingerprint density at radius 1 is 1.07 bits per heavy atom. The fraction of sp³-hybridized carbons (Fsp3) is 0.455. The molecule has 0 aromatic heterocycles. The molecule has 0 atom stereocenters. The molecule has 0 saturated heterocycles. The molecule has 0 N–H and O–H groups in total. The van der Waals surface area contributed by atoms with E-state index in [1.807, 2.05) is 12.1 Å². The molecule has 0 saturated carbocycles. The second kappa shape index (κ2) is 4.66. The van der Waals surface area contributed by atoms with Crippen LogP contribution in [0.1, 0.15) is 13.8 Å². The molecular weight excluding hydrogens is 210 g/mol. The van der Waals surface area contributed by atoms with Crippen LogP contribution in [0.25, 0.3) is 0 Å². The van der Waals surface area contributed by atoms with E-state index in [-0.39, 0.29) is 0 Å². The first kappa shape index (κ1) is 12.0. The highest BCUT2D eigenvalue weighted by molar-refractivity contribution is 7.90. The highest BCUT2D eigenvalue weighted by atomic mass is 32.2. The van der Waals surface area contributed by atoms with Crippen molar-refractivity contribution in [1.82, 2.24) is 0 Å². The van der Waals surface area contributed by atoms with Gasteiger partial charge in [-0.15, -0.1) is 0 Å². The van der Waals surface area contributed by atoms with Crippen LogP contribution in [0.5, 0.6) is 0 Å². The van der Waals surface area contributed by atoms with Gasteiger partial charge in [0.25, 0.3) is 0 Å². The lowest BCUT2D eigenvalue weighted by atomic mass is 10.3. The molecule has 0 unspecified atom stereocenters. The van der Waals surface area contributed by atoms with Crippen molar-refractivity contribution in [3.63, 3.8) is 0 Å². The Hall–Kier alpha value is -1.03. The lowest BCUT2D eigenvalue weighted by Crippen LogP contribution is -2.21. The summed E-state index contributed by atoms with van der Waals surface area (Å²) in [5, 5.41) is 0. The number of hydrogen-bond donors (Lipinski definition) is 0. The van der Waals surface area contributed by atoms with Gasteiger partial charge < -0.3 is 4.90 Å². The molecular formula is C11H17NO2S. The van der Waals surface area contributed by atoms with Crippen LogP contribution in [-0.2, 0) is 9.84 Å². The molecule has 1 rings (SSSR count). The predicted octanol–water partition coefficient (Wildman–Crippen LogP) is 1.94. The van der Waals surface area contributed by atoms with Crippen molar-refractivity contribution >= 4 is 15.5 Å². The molecule has 0 bridgehead atoms. The molecule has 0 fully saturated rings. The van der Waals surface area contributed by atoms with Crippen molar-refractivity contribution in [2.24, 2.45) is 0 Å². The lowest BCUT2D eigenvalue weighted by molar-refractivity contribution is 0.602. The van der Waals surface area contributed by atoms with Gasteiger partial charge in [0.2, 0.25) is 0 Å². The van der Waals surface area contributed by atoms with Crippen LogP contribution in [0.15, 0.2) is 29.2 Å². The largest absolute Gasteiger partial charge is 0.372 e. The SMILES string of the molecule is CCN(CC)c1ccc(S(C)(=O)=O)cc1. The fourth-order valence-electron chi connectivity index (χ4n) is 1.49. The number of benzene rings is 1. The summed E-state index contributed by atoms with van der Waals surface area (Å²) in [5.41, 5.74) is 1.06. The summed E-state index contributed by atoms with van der Waals surface area (Å²) < 4.78 is 22.5. The van der Waals surface area contributed by atoms with E-state index in [0.717, 1.165) is 18.8 Å². The van der Waals surface area contributed by atoms with Crippen molar-refractivity contribution in [3.8, 4) is 0 Å². The molecule has 4 heteroatoms. The summed E-state index contributed by atoms with van der Waals surface area (Å²) in [6.07, 6.45) is 1.22. The van der Waals surface area contributed by atoms with E-state index in [4.69, 9.17) is 0 Å². The minimum Gasteiger partial charge on any atom is -0.372 e. The molecule has 1 aromatic carbocycles. The number of rotatable bonds is 4. The Morgan fingerprint density at radius 2 is 1.53 bits per heavy atom. The van der Waals surface area contributed by atoms with Crippen LogP contribution in [0.4, 0.5) is 5.69 Å². The lowest BCUT2D eigenvalue weighted by Gasteiger charge is -2.20. The van der Waals surface area contributed by atoms with Crippen molar-refractivity contribution in [1.29, 1.82) is 0 Å². The van der Waals surface area contributed by atoms with Gasteiger partial charge in [-0.05, 0) is 38.1 Å².